The van der Waals surface area contributed by atoms with Gasteiger partial charge in [0.25, 0.3) is 0 Å². The van der Waals surface area contributed by atoms with Gasteiger partial charge in [0.15, 0.2) is 5.78 Å². The minimum Gasteiger partial charge on any atom is -0.445 e. The van der Waals surface area contributed by atoms with E-state index in [4.69, 9.17) is 13.8 Å². The predicted molar refractivity (Wildman–Crippen MR) is 125 cm³/mol. The molecular formula is C25H28NO5P. The summed E-state index contributed by atoms with van der Waals surface area (Å²) in [6, 6.07) is 26.9. The van der Waals surface area contributed by atoms with E-state index in [1.807, 2.05) is 56.3 Å². The number of ether oxygens (including phenoxy) is 1. The molecule has 0 fully saturated rings. The molecule has 3 aromatic rings. The van der Waals surface area contributed by atoms with Crippen LogP contribution in [0.1, 0.15) is 25.8 Å². The van der Waals surface area contributed by atoms with E-state index in [2.05, 4.69) is 5.32 Å². The molecule has 0 radical (unpaired) electrons. The molecule has 168 valence electrons. The summed E-state index contributed by atoms with van der Waals surface area (Å²) in [4.78, 5) is 12.6. The molecule has 0 aliphatic heterocycles. The maximum Gasteiger partial charge on any atom is 0.453 e. The van der Waals surface area contributed by atoms with Crippen LogP contribution in [0, 0.1) is 5.92 Å². The van der Waals surface area contributed by atoms with Crippen LogP contribution in [0.25, 0.3) is 0 Å². The van der Waals surface area contributed by atoms with Gasteiger partial charge in [-0.25, -0.2) is 9.36 Å². The summed E-state index contributed by atoms with van der Waals surface area (Å²) in [5, 5.41) is 2.73. The summed E-state index contributed by atoms with van der Waals surface area (Å²) >= 11 is 0. The van der Waals surface area contributed by atoms with Gasteiger partial charge >= 0.3 is 13.7 Å². The Morgan fingerprint density at radius 2 is 1.28 bits per heavy atom. The normalized spacial score (nSPS) is 12.1. The molecule has 0 aliphatic carbocycles. The van der Waals surface area contributed by atoms with Crippen LogP contribution in [0.5, 0.6) is 11.5 Å². The first-order valence-corrected chi connectivity index (χ1v) is 12.1. The van der Waals surface area contributed by atoms with E-state index in [0.717, 1.165) is 5.56 Å². The van der Waals surface area contributed by atoms with Gasteiger partial charge in [0.1, 0.15) is 18.1 Å². The molecular weight excluding hydrogens is 425 g/mol. The van der Waals surface area contributed by atoms with Crippen molar-refractivity contribution in [2.75, 3.05) is 0 Å². The second kappa shape index (κ2) is 11.4. The Kier molecular flexibility index (Phi) is 8.34. The fourth-order valence-electron chi connectivity index (χ4n) is 3.02. The number of para-hydroxylation sites is 2. The molecule has 32 heavy (non-hydrogen) atoms. The van der Waals surface area contributed by atoms with E-state index in [9.17, 15) is 9.36 Å². The maximum atomic E-state index is 14.1. The van der Waals surface area contributed by atoms with Gasteiger partial charge in [0.05, 0.1) is 0 Å². The molecule has 0 saturated carbocycles. The number of hydrogen-bond donors (Lipinski definition) is 1. The molecule has 7 heteroatoms. The van der Waals surface area contributed by atoms with Gasteiger partial charge in [-0.05, 0) is 42.2 Å². The van der Waals surface area contributed by atoms with Crippen LogP contribution in [0.15, 0.2) is 91.0 Å². The van der Waals surface area contributed by atoms with Crippen molar-refractivity contribution in [3.63, 3.8) is 0 Å². The second-order valence-electron chi connectivity index (χ2n) is 7.70. The zero-order valence-electron chi connectivity index (χ0n) is 18.2. The molecule has 0 spiro atoms. The highest BCUT2D eigenvalue weighted by Crippen LogP contribution is 2.53. The topological polar surface area (TPSA) is 73.9 Å². The van der Waals surface area contributed by atoms with Crippen molar-refractivity contribution < 1.29 is 23.1 Å². The number of alkyl carbamates (subject to hydrolysis) is 1. The van der Waals surface area contributed by atoms with Crippen molar-refractivity contribution in [2.45, 2.75) is 32.7 Å². The average molecular weight is 453 g/mol. The lowest BCUT2D eigenvalue weighted by atomic mass is 10.1. The first-order valence-electron chi connectivity index (χ1n) is 10.5. The SMILES string of the molecule is CC(C)C[C@@H](NC(=O)OCc1ccccc1)P(=O)(Oc1ccccc1)Oc1ccccc1. The van der Waals surface area contributed by atoms with Crippen molar-refractivity contribution in [1.82, 2.24) is 5.32 Å². The molecule has 0 aliphatic rings. The summed E-state index contributed by atoms with van der Waals surface area (Å²) in [6.07, 6.45) is -0.315. The zero-order valence-corrected chi connectivity index (χ0v) is 19.1. The highest BCUT2D eigenvalue weighted by atomic mass is 31.2. The molecule has 0 unspecified atom stereocenters. The van der Waals surface area contributed by atoms with E-state index in [1.54, 1.807) is 48.5 Å². The van der Waals surface area contributed by atoms with Gasteiger partial charge in [-0.15, -0.1) is 0 Å². The fourth-order valence-corrected chi connectivity index (χ4v) is 5.08. The van der Waals surface area contributed by atoms with Crippen LogP contribution in [0.3, 0.4) is 0 Å². The lowest BCUT2D eigenvalue weighted by molar-refractivity contribution is 0.136. The Hall–Kier alpha value is -3.24. The van der Waals surface area contributed by atoms with Gasteiger partial charge < -0.3 is 19.1 Å². The summed E-state index contributed by atoms with van der Waals surface area (Å²) in [5.41, 5.74) is 0.854. The molecule has 1 N–H and O–H groups in total. The minimum atomic E-state index is -3.89. The van der Waals surface area contributed by atoms with Crippen molar-refractivity contribution >= 4 is 13.7 Å². The smallest absolute Gasteiger partial charge is 0.445 e. The number of carbonyl (C=O) groups excluding carboxylic acids is 1. The molecule has 0 heterocycles. The van der Waals surface area contributed by atoms with Crippen molar-refractivity contribution in [1.29, 1.82) is 0 Å². The van der Waals surface area contributed by atoms with Gasteiger partial charge in [-0.2, -0.15) is 0 Å². The number of amides is 1. The van der Waals surface area contributed by atoms with E-state index in [1.165, 1.54) is 0 Å². The molecule has 0 aromatic heterocycles. The van der Waals surface area contributed by atoms with Crippen LogP contribution in [0.4, 0.5) is 4.79 Å². The largest absolute Gasteiger partial charge is 0.453 e. The standard InChI is InChI=1S/C25H28NO5P/c1-20(2)18-24(26-25(27)29-19-21-12-6-3-7-13-21)32(28,30-22-14-8-4-9-15-22)31-23-16-10-5-11-17-23/h3-17,20,24H,18-19H2,1-2H3,(H,26,27)/t24-/m0/s1. The number of nitrogens with one attached hydrogen (secondary N) is 1. The Bertz CT molecular complexity index is 967. The quantitative estimate of drug-likeness (QED) is 0.349. The van der Waals surface area contributed by atoms with E-state index in [0.29, 0.717) is 17.9 Å². The predicted octanol–water partition coefficient (Wildman–Crippen LogP) is 6.64. The van der Waals surface area contributed by atoms with Gasteiger partial charge in [-0.1, -0.05) is 80.6 Å². The molecule has 0 bridgehead atoms. The summed E-state index contributed by atoms with van der Waals surface area (Å²) in [6.45, 7) is 4.04. The summed E-state index contributed by atoms with van der Waals surface area (Å²) < 4.78 is 31.2. The van der Waals surface area contributed by atoms with Gasteiger partial charge in [0.2, 0.25) is 0 Å². The third-order valence-corrected chi connectivity index (χ3v) is 6.56. The van der Waals surface area contributed by atoms with Crippen molar-refractivity contribution in [3.05, 3.63) is 96.6 Å². The minimum absolute atomic E-state index is 0.102. The Labute approximate surface area is 189 Å². The number of benzene rings is 3. The van der Waals surface area contributed by atoms with Crippen LogP contribution in [0.2, 0.25) is 0 Å². The summed E-state index contributed by atoms with van der Waals surface area (Å²) in [7, 11) is -3.89. The monoisotopic (exact) mass is 453 g/mol. The molecule has 3 rings (SSSR count). The lowest BCUT2D eigenvalue weighted by Crippen LogP contribution is -2.38. The second-order valence-corrected chi connectivity index (χ2v) is 9.77. The fraction of sp³-hybridized carbons (Fsp3) is 0.240. The zero-order chi connectivity index (χ0) is 22.8. The third kappa shape index (κ3) is 7.17. The van der Waals surface area contributed by atoms with E-state index in [-0.39, 0.29) is 12.5 Å². The van der Waals surface area contributed by atoms with Crippen molar-refractivity contribution in [2.24, 2.45) is 5.92 Å². The Morgan fingerprint density at radius 1 is 0.812 bits per heavy atom. The molecule has 1 amide bonds. The highest BCUT2D eigenvalue weighted by molar-refractivity contribution is 7.55. The Morgan fingerprint density at radius 3 is 1.75 bits per heavy atom. The Balaban J connectivity index is 1.82. The first kappa shape index (κ1) is 23.4. The highest BCUT2D eigenvalue weighted by Gasteiger charge is 2.41. The van der Waals surface area contributed by atoms with Crippen LogP contribution in [-0.2, 0) is 15.9 Å². The lowest BCUT2D eigenvalue weighted by Gasteiger charge is -2.29. The molecule has 6 nitrogen and oxygen atoms in total. The van der Waals surface area contributed by atoms with E-state index < -0.39 is 19.5 Å². The molecule has 1 atom stereocenters. The van der Waals surface area contributed by atoms with E-state index >= 15 is 0 Å². The van der Waals surface area contributed by atoms with Crippen LogP contribution in [-0.4, -0.2) is 11.9 Å². The van der Waals surface area contributed by atoms with Gasteiger partial charge in [-0.3, -0.25) is 0 Å². The van der Waals surface area contributed by atoms with Gasteiger partial charge in [0, 0.05) is 0 Å². The number of hydrogen-bond acceptors (Lipinski definition) is 5. The van der Waals surface area contributed by atoms with Crippen LogP contribution >= 0.6 is 7.60 Å². The molecule has 0 saturated heterocycles. The van der Waals surface area contributed by atoms with Crippen LogP contribution < -0.4 is 14.4 Å². The number of carbonyl (C=O) groups is 1. The average Bonchev–Trinajstić information content (AvgIpc) is 2.79. The summed E-state index contributed by atoms with van der Waals surface area (Å²) in [5.74, 6) is -0.0207. The maximum absolute atomic E-state index is 14.1. The molecule has 3 aromatic carbocycles. The third-order valence-electron chi connectivity index (χ3n) is 4.53. The first-order chi connectivity index (χ1) is 15.4. The van der Waals surface area contributed by atoms with Crippen molar-refractivity contribution in [3.8, 4) is 11.5 Å². The number of rotatable bonds is 10.